The fourth-order valence-electron chi connectivity index (χ4n) is 1.96. The van der Waals surface area contributed by atoms with Gasteiger partial charge in [0, 0.05) is 17.6 Å². The van der Waals surface area contributed by atoms with Crippen LogP contribution < -0.4 is 5.73 Å². The first kappa shape index (κ1) is 12.5. The number of carbonyl (C=O) groups is 1. The molecule has 0 fully saturated rings. The summed E-state index contributed by atoms with van der Waals surface area (Å²) < 4.78 is 4.91. The number of rotatable bonds is 4. The number of nitrogens with two attached hydrogens (primary N) is 1. The summed E-state index contributed by atoms with van der Waals surface area (Å²) in [6, 6.07) is 9.21. The van der Waals surface area contributed by atoms with E-state index in [1.54, 1.807) is 13.1 Å². The number of hydrogen-bond donors (Lipinski definition) is 1. The molecule has 1 aromatic heterocycles. The monoisotopic (exact) mass is 244 g/mol. The van der Waals surface area contributed by atoms with E-state index in [2.05, 4.69) is 4.98 Å². The Hall–Kier alpha value is -1.94. The molecule has 0 bridgehead atoms. The van der Waals surface area contributed by atoms with Gasteiger partial charge in [0.1, 0.15) is 0 Å². The maximum atomic E-state index is 11.4. The average Bonchev–Trinajstić information content (AvgIpc) is 2.38. The minimum atomic E-state index is -0.364. The van der Waals surface area contributed by atoms with Crippen molar-refractivity contribution in [3.63, 3.8) is 0 Å². The van der Waals surface area contributed by atoms with Gasteiger partial charge in [-0.1, -0.05) is 18.2 Å². The van der Waals surface area contributed by atoms with E-state index in [0.29, 0.717) is 6.61 Å². The first-order valence-electron chi connectivity index (χ1n) is 5.97. The van der Waals surface area contributed by atoms with Crippen molar-refractivity contribution < 1.29 is 9.53 Å². The van der Waals surface area contributed by atoms with Gasteiger partial charge in [-0.25, -0.2) is 0 Å². The van der Waals surface area contributed by atoms with Gasteiger partial charge >= 0.3 is 5.97 Å². The molecule has 2 N–H and O–H groups in total. The van der Waals surface area contributed by atoms with Crippen LogP contribution in [0.15, 0.2) is 36.5 Å². The third kappa shape index (κ3) is 2.65. The van der Waals surface area contributed by atoms with Crippen LogP contribution in [-0.4, -0.2) is 17.6 Å². The zero-order valence-corrected chi connectivity index (χ0v) is 10.3. The Bertz CT molecular complexity index is 549. The molecule has 1 aromatic carbocycles. The van der Waals surface area contributed by atoms with E-state index in [-0.39, 0.29) is 18.4 Å². The van der Waals surface area contributed by atoms with Gasteiger partial charge in [-0.2, -0.15) is 0 Å². The highest BCUT2D eigenvalue weighted by atomic mass is 16.5. The second-order valence-corrected chi connectivity index (χ2v) is 4.03. The summed E-state index contributed by atoms with van der Waals surface area (Å²) >= 11 is 0. The largest absolute Gasteiger partial charge is 0.466 e. The molecule has 0 aliphatic carbocycles. The van der Waals surface area contributed by atoms with Gasteiger partial charge in [0.05, 0.1) is 18.5 Å². The van der Waals surface area contributed by atoms with Crippen molar-refractivity contribution in [3.8, 4) is 0 Å². The highest BCUT2D eigenvalue weighted by molar-refractivity contribution is 5.83. The predicted molar refractivity (Wildman–Crippen MR) is 69.9 cm³/mol. The first-order chi connectivity index (χ1) is 8.72. The number of carbonyl (C=O) groups excluding carboxylic acids is 1. The van der Waals surface area contributed by atoms with Crippen molar-refractivity contribution in [2.24, 2.45) is 5.73 Å². The lowest BCUT2D eigenvalue weighted by Crippen LogP contribution is -2.17. The molecule has 0 aliphatic heterocycles. The molecule has 0 spiro atoms. The van der Waals surface area contributed by atoms with Crippen molar-refractivity contribution >= 4 is 16.9 Å². The minimum Gasteiger partial charge on any atom is -0.466 e. The van der Waals surface area contributed by atoms with Crippen molar-refractivity contribution in [1.82, 2.24) is 4.98 Å². The van der Waals surface area contributed by atoms with E-state index >= 15 is 0 Å². The third-order valence-electron chi connectivity index (χ3n) is 2.77. The Morgan fingerprint density at radius 2 is 2.22 bits per heavy atom. The molecular weight excluding hydrogens is 228 g/mol. The van der Waals surface area contributed by atoms with Crippen molar-refractivity contribution in [2.75, 3.05) is 6.61 Å². The van der Waals surface area contributed by atoms with E-state index in [4.69, 9.17) is 10.5 Å². The number of aromatic nitrogens is 1. The molecule has 0 radical (unpaired) electrons. The van der Waals surface area contributed by atoms with Crippen LogP contribution in [-0.2, 0) is 9.53 Å². The lowest BCUT2D eigenvalue weighted by molar-refractivity contribution is -0.143. The number of benzene rings is 1. The molecule has 18 heavy (non-hydrogen) atoms. The summed E-state index contributed by atoms with van der Waals surface area (Å²) in [5.41, 5.74) is 7.87. The standard InChI is InChI=1S/C14H16N2O2/c1-2-18-14(17)9-12(15)10-5-3-7-13-11(10)6-4-8-16-13/h3-8,12H,2,9,15H2,1H3. The second kappa shape index (κ2) is 5.60. The van der Waals surface area contributed by atoms with E-state index in [1.165, 1.54) is 0 Å². The van der Waals surface area contributed by atoms with Gasteiger partial charge in [-0.05, 0) is 24.6 Å². The van der Waals surface area contributed by atoms with Gasteiger partial charge in [-0.15, -0.1) is 0 Å². The Kier molecular flexibility index (Phi) is 3.89. The van der Waals surface area contributed by atoms with Gasteiger partial charge in [0.25, 0.3) is 0 Å². The fraction of sp³-hybridized carbons (Fsp3) is 0.286. The lowest BCUT2D eigenvalue weighted by Gasteiger charge is -2.13. The number of nitrogens with zero attached hydrogens (tertiary/aromatic N) is 1. The van der Waals surface area contributed by atoms with E-state index in [9.17, 15) is 4.79 Å². The molecule has 4 heteroatoms. The average molecular weight is 244 g/mol. The molecule has 1 heterocycles. The summed E-state index contributed by atoms with van der Waals surface area (Å²) in [7, 11) is 0. The maximum Gasteiger partial charge on any atom is 0.307 e. The van der Waals surface area contributed by atoms with E-state index in [0.717, 1.165) is 16.5 Å². The fourth-order valence-corrected chi connectivity index (χ4v) is 1.96. The summed E-state index contributed by atoms with van der Waals surface area (Å²) in [5.74, 6) is -0.272. The van der Waals surface area contributed by atoms with Gasteiger partial charge in [-0.3, -0.25) is 9.78 Å². The van der Waals surface area contributed by atoms with Gasteiger partial charge in [0.2, 0.25) is 0 Å². The van der Waals surface area contributed by atoms with Crippen molar-refractivity contribution in [3.05, 3.63) is 42.1 Å². The summed E-state index contributed by atoms with van der Waals surface area (Å²) in [6.45, 7) is 2.16. The molecule has 1 unspecified atom stereocenters. The van der Waals surface area contributed by atoms with E-state index < -0.39 is 0 Å². The third-order valence-corrected chi connectivity index (χ3v) is 2.77. The van der Waals surface area contributed by atoms with Crippen LogP contribution in [0.25, 0.3) is 10.9 Å². The molecule has 4 nitrogen and oxygen atoms in total. The van der Waals surface area contributed by atoms with Crippen LogP contribution in [0.2, 0.25) is 0 Å². The Morgan fingerprint density at radius 1 is 1.39 bits per heavy atom. The quantitative estimate of drug-likeness (QED) is 0.837. The predicted octanol–water partition coefficient (Wildman–Crippen LogP) is 2.19. The molecule has 2 rings (SSSR count). The van der Waals surface area contributed by atoms with Crippen LogP contribution >= 0.6 is 0 Å². The summed E-state index contributed by atoms with van der Waals surface area (Å²) in [6.07, 6.45) is 1.92. The van der Waals surface area contributed by atoms with Crippen molar-refractivity contribution in [1.29, 1.82) is 0 Å². The van der Waals surface area contributed by atoms with E-state index in [1.807, 2.05) is 30.3 Å². The molecule has 94 valence electrons. The number of esters is 1. The molecule has 0 aliphatic rings. The van der Waals surface area contributed by atoms with Gasteiger partial charge in [0.15, 0.2) is 0 Å². The molecular formula is C14H16N2O2. The Labute approximate surface area is 106 Å². The highest BCUT2D eigenvalue weighted by Gasteiger charge is 2.14. The topological polar surface area (TPSA) is 65.2 Å². The maximum absolute atomic E-state index is 11.4. The van der Waals surface area contributed by atoms with Crippen LogP contribution in [0.3, 0.4) is 0 Å². The number of fused-ring (bicyclic) bond motifs is 1. The normalized spacial score (nSPS) is 12.3. The lowest BCUT2D eigenvalue weighted by atomic mass is 10.00. The summed E-state index contributed by atoms with van der Waals surface area (Å²) in [4.78, 5) is 15.7. The number of hydrogen-bond acceptors (Lipinski definition) is 4. The Morgan fingerprint density at radius 3 is 3.00 bits per heavy atom. The molecule has 0 saturated carbocycles. The minimum absolute atomic E-state index is 0.182. The zero-order chi connectivity index (χ0) is 13.0. The van der Waals surface area contributed by atoms with Crippen molar-refractivity contribution in [2.45, 2.75) is 19.4 Å². The molecule has 2 aromatic rings. The first-order valence-corrected chi connectivity index (χ1v) is 5.97. The zero-order valence-electron chi connectivity index (χ0n) is 10.3. The van der Waals surface area contributed by atoms with Crippen LogP contribution in [0.1, 0.15) is 24.9 Å². The number of ether oxygens (including phenoxy) is 1. The van der Waals surface area contributed by atoms with Gasteiger partial charge < -0.3 is 10.5 Å². The van der Waals surface area contributed by atoms with Crippen LogP contribution in [0, 0.1) is 0 Å². The molecule has 1 atom stereocenters. The smallest absolute Gasteiger partial charge is 0.307 e. The SMILES string of the molecule is CCOC(=O)CC(N)c1cccc2ncccc12. The second-order valence-electron chi connectivity index (χ2n) is 4.03. The van der Waals surface area contributed by atoms with Crippen LogP contribution in [0.5, 0.6) is 0 Å². The molecule has 0 amide bonds. The van der Waals surface area contributed by atoms with Crippen LogP contribution in [0.4, 0.5) is 0 Å². The number of pyridine rings is 1. The Balaban J connectivity index is 2.27. The summed E-state index contributed by atoms with van der Waals surface area (Å²) in [5, 5.41) is 0.983. The molecule has 0 saturated heterocycles. The highest BCUT2D eigenvalue weighted by Crippen LogP contribution is 2.23.